The summed E-state index contributed by atoms with van der Waals surface area (Å²) in [6.07, 6.45) is 1.50. The molecule has 1 saturated heterocycles. The Labute approximate surface area is 83.9 Å². The molecular weight excluding hydrogens is 176 g/mol. The van der Waals surface area contributed by atoms with E-state index >= 15 is 0 Å². The zero-order chi connectivity index (χ0) is 9.97. The first kappa shape index (κ1) is 9.25. The van der Waals surface area contributed by atoms with Gasteiger partial charge in [0.05, 0.1) is 0 Å². The standard InChI is InChI=1S/C12H14O2/c1-9(10-5-3-2-4-6-10)11-7-8-12(13)14-11/h2-6,9,11H,7-8H2,1H3/t9-,11-/m0/s1. The minimum atomic E-state index is -0.0576. The van der Waals surface area contributed by atoms with Gasteiger partial charge in [0.2, 0.25) is 0 Å². The maximum Gasteiger partial charge on any atom is 0.306 e. The number of rotatable bonds is 2. The van der Waals surface area contributed by atoms with Gasteiger partial charge in [-0.25, -0.2) is 0 Å². The van der Waals surface area contributed by atoms with Crippen LogP contribution in [0.2, 0.25) is 0 Å². The highest BCUT2D eigenvalue weighted by Crippen LogP contribution is 2.28. The molecular formula is C12H14O2. The van der Waals surface area contributed by atoms with E-state index in [1.165, 1.54) is 5.56 Å². The average Bonchev–Trinajstić information content (AvgIpc) is 2.65. The van der Waals surface area contributed by atoms with Crippen molar-refractivity contribution in [2.45, 2.75) is 31.8 Å². The summed E-state index contributed by atoms with van der Waals surface area (Å²) in [4.78, 5) is 11.0. The first-order valence-corrected chi connectivity index (χ1v) is 5.02. The molecule has 2 rings (SSSR count). The van der Waals surface area contributed by atoms with Gasteiger partial charge in [0.15, 0.2) is 0 Å². The second kappa shape index (κ2) is 3.82. The highest BCUT2D eigenvalue weighted by atomic mass is 16.5. The summed E-state index contributed by atoms with van der Waals surface area (Å²) in [6.45, 7) is 2.11. The number of hydrogen-bond acceptors (Lipinski definition) is 2. The van der Waals surface area contributed by atoms with E-state index in [9.17, 15) is 4.79 Å². The van der Waals surface area contributed by atoms with Crippen LogP contribution in [0.1, 0.15) is 31.2 Å². The fraction of sp³-hybridized carbons (Fsp3) is 0.417. The second-order valence-electron chi connectivity index (χ2n) is 3.77. The number of carbonyl (C=O) groups is 1. The van der Waals surface area contributed by atoms with E-state index < -0.39 is 0 Å². The molecule has 2 nitrogen and oxygen atoms in total. The second-order valence-corrected chi connectivity index (χ2v) is 3.77. The fourth-order valence-electron chi connectivity index (χ4n) is 1.87. The molecule has 0 radical (unpaired) electrons. The zero-order valence-corrected chi connectivity index (χ0v) is 8.27. The Bertz CT molecular complexity index is 318. The molecule has 74 valence electrons. The van der Waals surface area contributed by atoms with Gasteiger partial charge < -0.3 is 4.74 Å². The van der Waals surface area contributed by atoms with Gasteiger partial charge in [0.25, 0.3) is 0 Å². The van der Waals surface area contributed by atoms with E-state index in [1.807, 2.05) is 18.2 Å². The zero-order valence-electron chi connectivity index (χ0n) is 8.27. The lowest BCUT2D eigenvalue weighted by Crippen LogP contribution is -2.15. The summed E-state index contributed by atoms with van der Waals surface area (Å²) >= 11 is 0. The summed E-state index contributed by atoms with van der Waals surface area (Å²) in [5, 5.41) is 0. The van der Waals surface area contributed by atoms with Crippen LogP contribution in [-0.2, 0) is 9.53 Å². The van der Waals surface area contributed by atoms with Crippen LogP contribution in [0.15, 0.2) is 30.3 Å². The van der Waals surface area contributed by atoms with Crippen LogP contribution in [-0.4, -0.2) is 12.1 Å². The van der Waals surface area contributed by atoms with Crippen molar-refractivity contribution in [3.63, 3.8) is 0 Å². The Morgan fingerprint density at radius 1 is 1.36 bits per heavy atom. The predicted octanol–water partition coefficient (Wildman–Crippen LogP) is 2.50. The third-order valence-electron chi connectivity index (χ3n) is 2.80. The molecule has 2 atom stereocenters. The van der Waals surface area contributed by atoms with Crippen molar-refractivity contribution < 1.29 is 9.53 Å². The molecule has 0 unspecified atom stereocenters. The Morgan fingerprint density at radius 3 is 2.64 bits per heavy atom. The molecule has 1 aliphatic heterocycles. The minimum Gasteiger partial charge on any atom is -0.462 e. The molecule has 1 heterocycles. The van der Waals surface area contributed by atoms with Crippen LogP contribution in [0.25, 0.3) is 0 Å². The lowest BCUT2D eigenvalue weighted by molar-refractivity contribution is -0.142. The van der Waals surface area contributed by atoms with E-state index in [4.69, 9.17) is 4.74 Å². The highest BCUT2D eigenvalue weighted by molar-refractivity contribution is 5.71. The van der Waals surface area contributed by atoms with E-state index in [2.05, 4.69) is 19.1 Å². The van der Waals surface area contributed by atoms with Crippen molar-refractivity contribution in [2.24, 2.45) is 0 Å². The number of ether oxygens (including phenoxy) is 1. The van der Waals surface area contributed by atoms with E-state index in [1.54, 1.807) is 0 Å². The average molecular weight is 190 g/mol. The van der Waals surface area contributed by atoms with Gasteiger partial charge in [-0.15, -0.1) is 0 Å². The first-order chi connectivity index (χ1) is 6.77. The molecule has 1 fully saturated rings. The minimum absolute atomic E-state index is 0.0576. The summed E-state index contributed by atoms with van der Waals surface area (Å²) in [7, 11) is 0. The molecule has 0 aromatic heterocycles. The maximum absolute atomic E-state index is 11.0. The predicted molar refractivity (Wildman–Crippen MR) is 54.0 cm³/mol. The number of hydrogen-bond donors (Lipinski definition) is 0. The summed E-state index contributed by atoms with van der Waals surface area (Å²) < 4.78 is 5.24. The summed E-state index contributed by atoms with van der Waals surface area (Å²) in [6, 6.07) is 10.2. The third-order valence-corrected chi connectivity index (χ3v) is 2.80. The summed E-state index contributed by atoms with van der Waals surface area (Å²) in [5.74, 6) is 0.250. The molecule has 1 aromatic carbocycles. The van der Waals surface area contributed by atoms with Crippen molar-refractivity contribution in [3.8, 4) is 0 Å². The van der Waals surface area contributed by atoms with Crippen LogP contribution in [0.4, 0.5) is 0 Å². The monoisotopic (exact) mass is 190 g/mol. The van der Waals surface area contributed by atoms with Crippen molar-refractivity contribution in [2.75, 3.05) is 0 Å². The molecule has 1 aliphatic rings. The van der Waals surface area contributed by atoms with Crippen LogP contribution in [0, 0.1) is 0 Å². The Kier molecular flexibility index (Phi) is 2.53. The van der Waals surface area contributed by atoms with E-state index in [0.29, 0.717) is 12.3 Å². The van der Waals surface area contributed by atoms with Crippen molar-refractivity contribution in [1.82, 2.24) is 0 Å². The van der Waals surface area contributed by atoms with Crippen LogP contribution in [0.3, 0.4) is 0 Å². The largest absolute Gasteiger partial charge is 0.462 e. The smallest absolute Gasteiger partial charge is 0.306 e. The van der Waals surface area contributed by atoms with E-state index in [-0.39, 0.29) is 12.1 Å². The SMILES string of the molecule is C[C@@H](c1ccccc1)[C@@H]1CCC(=O)O1. The van der Waals surface area contributed by atoms with Crippen LogP contribution < -0.4 is 0 Å². The van der Waals surface area contributed by atoms with Crippen LogP contribution in [0.5, 0.6) is 0 Å². The normalized spacial score (nSPS) is 23.2. The van der Waals surface area contributed by atoms with Gasteiger partial charge in [0.1, 0.15) is 6.10 Å². The fourth-order valence-corrected chi connectivity index (χ4v) is 1.87. The van der Waals surface area contributed by atoms with Gasteiger partial charge in [0, 0.05) is 12.3 Å². The number of cyclic esters (lactones) is 1. The molecule has 0 bridgehead atoms. The van der Waals surface area contributed by atoms with Gasteiger partial charge >= 0.3 is 5.97 Å². The quantitative estimate of drug-likeness (QED) is 0.670. The molecule has 1 aromatic rings. The van der Waals surface area contributed by atoms with Gasteiger partial charge in [-0.2, -0.15) is 0 Å². The van der Waals surface area contributed by atoms with Crippen molar-refractivity contribution in [3.05, 3.63) is 35.9 Å². The third kappa shape index (κ3) is 1.79. The molecule has 0 saturated carbocycles. The molecule has 2 heteroatoms. The first-order valence-electron chi connectivity index (χ1n) is 5.02. The Hall–Kier alpha value is -1.31. The maximum atomic E-state index is 11.0. The highest BCUT2D eigenvalue weighted by Gasteiger charge is 2.28. The van der Waals surface area contributed by atoms with Crippen molar-refractivity contribution >= 4 is 5.97 Å². The molecule has 0 aliphatic carbocycles. The summed E-state index contributed by atoms with van der Waals surface area (Å²) in [5.41, 5.74) is 1.24. The van der Waals surface area contributed by atoms with Crippen molar-refractivity contribution in [1.29, 1.82) is 0 Å². The molecule has 0 N–H and O–H groups in total. The van der Waals surface area contributed by atoms with Crippen LogP contribution >= 0.6 is 0 Å². The van der Waals surface area contributed by atoms with E-state index in [0.717, 1.165) is 6.42 Å². The number of carbonyl (C=O) groups excluding carboxylic acids is 1. The Balaban J connectivity index is 2.09. The Morgan fingerprint density at radius 2 is 2.07 bits per heavy atom. The molecule has 0 spiro atoms. The molecule has 0 amide bonds. The molecule has 14 heavy (non-hydrogen) atoms. The van der Waals surface area contributed by atoms with Gasteiger partial charge in [-0.3, -0.25) is 4.79 Å². The topological polar surface area (TPSA) is 26.3 Å². The number of benzene rings is 1. The van der Waals surface area contributed by atoms with Gasteiger partial charge in [-0.1, -0.05) is 37.3 Å². The number of esters is 1. The lowest BCUT2D eigenvalue weighted by Gasteiger charge is -2.18. The lowest BCUT2D eigenvalue weighted by atomic mass is 9.94. The van der Waals surface area contributed by atoms with Gasteiger partial charge in [-0.05, 0) is 12.0 Å².